The lowest BCUT2D eigenvalue weighted by molar-refractivity contribution is -0.115. The summed E-state index contributed by atoms with van der Waals surface area (Å²) >= 11 is 6.18. The molecular formula is C26H26ClN5O4S. The number of hydrogen-bond acceptors (Lipinski definition) is 5. The second kappa shape index (κ2) is 11.0. The number of halogens is 1. The lowest BCUT2D eigenvalue weighted by Crippen LogP contribution is -2.15. The minimum absolute atomic E-state index is 0.0322. The van der Waals surface area contributed by atoms with Gasteiger partial charge in [0.2, 0.25) is 5.91 Å². The molecule has 0 aliphatic carbocycles. The van der Waals surface area contributed by atoms with E-state index >= 15 is 0 Å². The van der Waals surface area contributed by atoms with Gasteiger partial charge < -0.3 is 15.0 Å². The smallest absolute Gasteiger partial charge is 0.284 e. The Kier molecular flexibility index (Phi) is 7.80. The number of benzene rings is 3. The van der Waals surface area contributed by atoms with E-state index in [1.54, 1.807) is 62.4 Å². The first-order chi connectivity index (χ1) is 17.6. The highest BCUT2D eigenvalue weighted by Crippen LogP contribution is 2.29. The summed E-state index contributed by atoms with van der Waals surface area (Å²) in [6.07, 6.45) is 2.91. The molecule has 0 unspecified atom stereocenters. The van der Waals surface area contributed by atoms with E-state index in [-0.39, 0.29) is 22.9 Å². The Labute approximate surface area is 220 Å². The fourth-order valence-corrected chi connectivity index (χ4v) is 5.00. The Bertz CT molecular complexity index is 1560. The first-order valence-corrected chi connectivity index (χ1v) is 13.1. The lowest BCUT2D eigenvalue weighted by Gasteiger charge is -2.09. The number of carbonyl (C=O) groups is 1. The van der Waals surface area contributed by atoms with Gasteiger partial charge in [-0.3, -0.25) is 9.48 Å². The van der Waals surface area contributed by atoms with Crippen LogP contribution in [0.1, 0.15) is 11.1 Å². The fourth-order valence-electron chi connectivity index (χ4n) is 3.66. The van der Waals surface area contributed by atoms with Crippen molar-refractivity contribution in [1.82, 2.24) is 14.7 Å². The van der Waals surface area contributed by atoms with Gasteiger partial charge in [0.1, 0.15) is 17.0 Å². The van der Waals surface area contributed by atoms with Crippen molar-refractivity contribution in [3.63, 3.8) is 0 Å². The molecule has 0 aliphatic heterocycles. The van der Waals surface area contributed by atoms with Crippen molar-refractivity contribution in [2.45, 2.75) is 17.9 Å². The summed E-state index contributed by atoms with van der Waals surface area (Å²) in [7, 11) is 0.856. The van der Waals surface area contributed by atoms with Crippen LogP contribution in [-0.2, 0) is 27.8 Å². The van der Waals surface area contributed by atoms with Crippen LogP contribution in [0.2, 0.25) is 5.02 Å². The van der Waals surface area contributed by atoms with Gasteiger partial charge in [-0.1, -0.05) is 41.9 Å². The molecule has 192 valence electrons. The molecule has 4 rings (SSSR count). The third kappa shape index (κ3) is 6.46. The first-order valence-electron chi connectivity index (χ1n) is 11.3. The predicted octanol–water partition coefficient (Wildman–Crippen LogP) is 4.21. The van der Waals surface area contributed by atoms with E-state index in [0.29, 0.717) is 28.0 Å². The van der Waals surface area contributed by atoms with Gasteiger partial charge in [-0.05, 0) is 41.5 Å². The first kappa shape index (κ1) is 26.2. The highest BCUT2D eigenvalue weighted by atomic mass is 35.5. The van der Waals surface area contributed by atoms with Gasteiger partial charge in [0.15, 0.2) is 0 Å². The summed E-state index contributed by atoms with van der Waals surface area (Å²) in [5, 5.41) is 8.22. The van der Waals surface area contributed by atoms with Gasteiger partial charge in [0.05, 0.1) is 25.6 Å². The van der Waals surface area contributed by atoms with E-state index in [1.807, 2.05) is 24.3 Å². The Morgan fingerprint density at radius 2 is 1.89 bits per heavy atom. The van der Waals surface area contributed by atoms with Gasteiger partial charge in [-0.25, -0.2) is 0 Å². The number of fused-ring (bicyclic) bond motifs is 1. The van der Waals surface area contributed by atoms with Crippen LogP contribution >= 0.6 is 11.6 Å². The quantitative estimate of drug-likeness (QED) is 0.252. The van der Waals surface area contributed by atoms with Crippen molar-refractivity contribution >= 4 is 50.5 Å². The largest absolute Gasteiger partial charge is 0.497 e. The Hall–Kier alpha value is -3.89. The molecule has 0 aliphatic rings. The van der Waals surface area contributed by atoms with Crippen LogP contribution in [0.4, 0.5) is 5.69 Å². The molecule has 9 nitrogen and oxygen atoms in total. The molecule has 0 bridgehead atoms. The van der Waals surface area contributed by atoms with Crippen LogP contribution in [0.3, 0.4) is 0 Å². The summed E-state index contributed by atoms with van der Waals surface area (Å²) in [6, 6.07) is 17.6. The number of hydrogen-bond donors (Lipinski definition) is 1. The summed E-state index contributed by atoms with van der Waals surface area (Å²) in [6.45, 7) is 0.410. The van der Waals surface area contributed by atoms with E-state index in [2.05, 4.69) is 14.8 Å². The van der Waals surface area contributed by atoms with Crippen molar-refractivity contribution in [1.29, 1.82) is 0 Å². The molecular weight excluding hydrogens is 514 g/mol. The van der Waals surface area contributed by atoms with E-state index < -0.39 is 10.0 Å². The maximum atomic E-state index is 13.2. The number of rotatable bonds is 9. The van der Waals surface area contributed by atoms with E-state index in [1.165, 1.54) is 17.3 Å². The van der Waals surface area contributed by atoms with Crippen molar-refractivity contribution in [2.24, 2.45) is 4.40 Å². The number of anilines is 1. The Morgan fingerprint density at radius 1 is 1.16 bits per heavy atom. The molecule has 1 amide bonds. The molecule has 0 spiro atoms. The Morgan fingerprint density at radius 3 is 2.57 bits per heavy atom. The maximum absolute atomic E-state index is 13.2. The van der Waals surface area contributed by atoms with Crippen LogP contribution in [-0.4, -0.2) is 56.5 Å². The molecule has 0 radical (unpaired) electrons. The molecule has 1 aromatic heterocycles. The fraction of sp³-hybridized carbons (Fsp3) is 0.192. The predicted molar refractivity (Wildman–Crippen MR) is 145 cm³/mol. The normalized spacial score (nSPS) is 11.7. The number of ether oxygens (including phenoxy) is 1. The maximum Gasteiger partial charge on any atom is 0.284 e. The molecule has 4 aromatic rings. The third-order valence-electron chi connectivity index (χ3n) is 5.43. The summed E-state index contributed by atoms with van der Waals surface area (Å²) < 4.78 is 36.9. The van der Waals surface area contributed by atoms with Gasteiger partial charge >= 0.3 is 0 Å². The third-order valence-corrected chi connectivity index (χ3v) is 7.06. The highest BCUT2D eigenvalue weighted by Gasteiger charge is 2.21. The zero-order valence-electron chi connectivity index (χ0n) is 20.6. The Balaban J connectivity index is 1.70. The van der Waals surface area contributed by atoms with E-state index in [4.69, 9.17) is 16.3 Å². The van der Waals surface area contributed by atoms with Crippen molar-refractivity contribution < 1.29 is 17.9 Å². The number of carbonyl (C=O) groups excluding carboxylic acids is 1. The highest BCUT2D eigenvalue weighted by molar-refractivity contribution is 7.90. The molecule has 11 heteroatoms. The average Bonchev–Trinajstić information content (AvgIpc) is 3.26. The van der Waals surface area contributed by atoms with E-state index in [0.717, 1.165) is 11.3 Å². The van der Waals surface area contributed by atoms with Gasteiger partial charge in [0, 0.05) is 36.4 Å². The minimum atomic E-state index is -4.09. The van der Waals surface area contributed by atoms with Crippen molar-refractivity contribution in [3.05, 3.63) is 83.0 Å². The molecule has 1 heterocycles. The topological polar surface area (TPSA) is 106 Å². The van der Waals surface area contributed by atoms with Crippen molar-refractivity contribution in [3.8, 4) is 5.75 Å². The number of nitrogens with zero attached hydrogens (tertiary/aromatic N) is 4. The van der Waals surface area contributed by atoms with Crippen LogP contribution in [0.5, 0.6) is 5.75 Å². The monoisotopic (exact) mass is 539 g/mol. The van der Waals surface area contributed by atoms with Crippen LogP contribution in [0, 0.1) is 0 Å². The molecule has 1 N–H and O–H groups in total. The van der Waals surface area contributed by atoms with Gasteiger partial charge in [-0.15, -0.1) is 4.40 Å². The number of methoxy groups -OCH3 is 1. The lowest BCUT2D eigenvalue weighted by atomic mass is 10.1. The van der Waals surface area contributed by atoms with Crippen molar-refractivity contribution in [2.75, 3.05) is 26.5 Å². The zero-order chi connectivity index (χ0) is 26.6. The second-order valence-corrected chi connectivity index (χ2v) is 10.6. The number of sulfonamides is 1. The average molecular weight is 540 g/mol. The number of nitrogens with one attached hydrogen (secondary N) is 1. The molecule has 3 aromatic carbocycles. The summed E-state index contributed by atoms with van der Waals surface area (Å²) in [5.74, 6) is 0.393. The standard InChI is InChI=1S/C26H26ClN5O4S/c1-31(2)17-28-37(34,35)25-14-20(29-26(33)12-19-6-4-5-7-23(19)27)13-24-22(25)16-32(30-24)15-18-8-10-21(36-3)11-9-18/h4-11,13-14,16-17H,12,15H2,1-3H3,(H,29,33)/b28-17+. The zero-order valence-corrected chi connectivity index (χ0v) is 22.1. The van der Waals surface area contributed by atoms with E-state index in [9.17, 15) is 13.2 Å². The van der Waals surface area contributed by atoms with Crippen LogP contribution in [0.15, 0.2) is 76.2 Å². The molecule has 0 saturated carbocycles. The van der Waals surface area contributed by atoms with Gasteiger partial charge in [0.25, 0.3) is 10.0 Å². The van der Waals surface area contributed by atoms with Crippen LogP contribution in [0.25, 0.3) is 10.9 Å². The number of amides is 1. The minimum Gasteiger partial charge on any atom is -0.497 e. The molecule has 0 atom stereocenters. The van der Waals surface area contributed by atoms with Crippen LogP contribution < -0.4 is 10.1 Å². The van der Waals surface area contributed by atoms with Gasteiger partial charge in [-0.2, -0.15) is 13.5 Å². The molecule has 37 heavy (non-hydrogen) atoms. The summed E-state index contributed by atoms with van der Waals surface area (Å²) in [5.41, 5.74) is 2.31. The SMILES string of the molecule is COc1ccc(Cn2cc3c(S(=O)(=O)/N=C/N(C)C)cc(NC(=O)Cc4ccccc4Cl)cc3n2)cc1. The summed E-state index contributed by atoms with van der Waals surface area (Å²) in [4.78, 5) is 14.2. The molecule has 0 saturated heterocycles. The number of aromatic nitrogens is 2. The molecule has 0 fully saturated rings. The second-order valence-electron chi connectivity index (χ2n) is 8.56.